The van der Waals surface area contributed by atoms with Gasteiger partial charge in [-0.05, 0) is 11.7 Å². The zero-order valence-corrected chi connectivity index (χ0v) is 8.62. The van der Waals surface area contributed by atoms with Crippen molar-refractivity contribution in [1.29, 1.82) is 0 Å². The molecule has 0 unspecified atom stereocenters. The number of ketones is 1. The minimum absolute atomic E-state index is 0.276. The molecule has 0 aromatic heterocycles. The first-order chi connectivity index (χ1) is 5.66. The Morgan fingerprint density at radius 3 is 2.75 bits per heavy atom. The third kappa shape index (κ3) is 7.68. The molecule has 0 aliphatic heterocycles. The van der Waals surface area contributed by atoms with Gasteiger partial charge in [0.25, 0.3) is 0 Å². The predicted molar refractivity (Wildman–Crippen MR) is 55.2 cm³/mol. The fourth-order valence-corrected chi connectivity index (χ4v) is 1.65. The van der Waals surface area contributed by atoms with E-state index in [9.17, 15) is 4.79 Å². The Hall–Kier alpha value is -0.420. The number of Topliss-reactive ketones (excluding diaryl/α,β-unsaturated/α-hetero) is 1. The zero-order chi connectivity index (χ0) is 9.40. The van der Waals surface area contributed by atoms with E-state index in [1.54, 1.807) is 11.8 Å². The zero-order valence-electron chi connectivity index (χ0n) is 7.80. The fraction of sp³-hybridized carbons (Fsp3) is 0.700. The number of thioether (sulfide) groups is 1. The van der Waals surface area contributed by atoms with Crippen molar-refractivity contribution in [3.8, 4) is 12.3 Å². The average molecular weight is 184 g/mol. The molecule has 68 valence electrons. The maximum Gasteiger partial charge on any atom is 0.143 e. The Balaban J connectivity index is 3.27. The molecule has 0 radical (unpaired) electrons. The van der Waals surface area contributed by atoms with Crippen LogP contribution in [0.5, 0.6) is 0 Å². The summed E-state index contributed by atoms with van der Waals surface area (Å²) < 4.78 is 0. The first-order valence-corrected chi connectivity index (χ1v) is 5.35. The van der Waals surface area contributed by atoms with Crippen molar-refractivity contribution in [3.05, 3.63) is 0 Å². The summed E-state index contributed by atoms with van der Waals surface area (Å²) in [7, 11) is 0. The number of rotatable bonds is 6. The summed E-state index contributed by atoms with van der Waals surface area (Å²) in [6, 6.07) is 0. The van der Waals surface area contributed by atoms with E-state index in [1.165, 1.54) is 0 Å². The minimum Gasteiger partial charge on any atom is -0.299 e. The number of terminal acetylenes is 1. The monoisotopic (exact) mass is 184 g/mol. The molecular formula is C10H16OS. The van der Waals surface area contributed by atoms with E-state index >= 15 is 0 Å². The van der Waals surface area contributed by atoms with Crippen molar-refractivity contribution in [2.24, 2.45) is 5.92 Å². The number of carbonyl (C=O) groups is 1. The molecule has 0 saturated carbocycles. The lowest BCUT2D eigenvalue weighted by Gasteiger charge is -2.02. The molecule has 0 aliphatic rings. The van der Waals surface area contributed by atoms with Crippen molar-refractivity contribution < 1.29 is 4.79 Å². The number of hydrogen-bond donors (Lipinski definition) is 0. The van der Waals surface area contributed by atoms with E-state index in [2.05, 4.69) is 19.8 Å². The van der Waals surface area contributed by atoms with Gasteiger partial charge in [0, 0.05) is 12.8 Å². The van der Waals surface area contributed by atoms with Crippen LogP contribution in [0.15, 0.2) is 0 Å². The molecule has 0 aromatic rings. The Labute approximate surface area is 79.3 Å². The first kappa shape index (κ1) is 11.6. The number of carbonyl (C=O) groups excluding carboxylic acids is 1. The average Bonchev–Trinajstić information content (AvgIpc) is 2.00. The molecule has 0 bridgehead atoms. The lowest BCUT2D eigenvalue weighted by atomic mass is 10.2. The van der Waals surface area contributed by atoms with Gasteiger partial charge in [0.1, 0.15) is 5.78 Å². The maximum absolute atomic E-state index is 11.1. The molecule has 0 spiro atoms. The third-order valence-electron chi connectivity index (χ3n) is 1.26. The molecule has 0 heterocycles. The molecule has 0 saturated heterocycles. The van der Waals surface area contributed by atoms with Crippen LogP contribution < -0.4 is 0 Å². The van der Waals surface area contributed by atoms with Crippen LogP contribution in [0.2, 0.25) is 0 Å². The molecule has 0 aliphatic carbocycles. The highest BCUT2D eigenvalue weighted by Crippen LogP contribution is 2.08. The lowest BCUT2D eigenvalue weighted by molar-refractivity contribution is -0.116. The van der Waals surface area contributed by atoms with Crippen molar-refractivity contribution >= 4 is 17.5 Å². The van der Waals surface area contributed by atoms with Crippen LogP contribution >= 0.6 is 11.8 Å². The van der Waals surface area contributed by atoms with Gasteiger partial charge < -0.3 is 0 Å². The highest BCUT2D eigenvalue weighted by Gasteiger charge is 2.01. The van der Waals surface area contributed by atoms with Crippen LogP contribution in [0.4, 0.5) is 0 Å². The van der Waals surface area contributed by atoms with Gasteiger partial charge in [0.05, 0.1) is 5.75 Å². The number of hydrogen-bond acceptors (Lipinski definition) is 2. The Bertz CT molecular complexity index is 167. The summed E-state index contributed by atoms with van der Waals surface area (Å²) in [6.45, 7) is 4.30. The summed E-state index contributed by atoms with van der Waals surface area (Å²) in [5.74, 6) is 5.09. The van der Waals surface area contributed by atoms with Gasteiger partial charge in [-0.1, -0.05) is 13.8 Å². The van der Waals surface area contributed by atoms with Crippen LogP contribution in [0.1, 0.15) is 26.7 Å². The quantitative estimate of drug-likeness (QED) is 0.589. The summed E-state index contributed by atoms with van der Waals surface area (Å²) in [5.41, 5.74) is 0. The van der Waals surface area contributed by atoms with Gasteiger partial charge in [-0.2, -0.15) is 11.8 Å². The van der Waals surface area contributed by atoms with E-state index in [4.69, 9.17) is 6.42 Å². The van der Waals surface area contributed by atoms with Crippen LogP contribution in [0.3, 0.4) is 0 Å². The first-order valence-electron chi connectivity index (χ1n) is 4.19. The highest BCUT2D eigenvalue weighted by atomic mass is 32.2. The maximum atomic E-state index is 11.1. The third-order valence-corrected chi connectivity index (χ3v) is 2.69. The van der Waals surface area contributed by atoms with Gasteiger partial charge in [0.2, 0.25) is 0 Å². The second-order valence-corrected chi connectivity index (χ2v) is 4.18. The van der Waals surface area contributed by atoms with E-state index in [0.29, 0.717) is 24.5 Å². The lowest BCUT2D eigenvalue weighted by Crippen LogP contribution is -2.03. The molecule has 0 aromatic carbocycles. The van der Waals surface area contributed by atoms with Crippen LogP contribution in [0.25, 0.3) is 0 Å². The molecule has 0 fully saturated rings. The van der Waals surface area contributed by atoms with Gasteiger partial charge in [-0.15, -0.1) is 12.3 Å². The normalized spacial score (nSPS) is 9.83. The summed E-state index contributed by atoms with van der Waals surface area (Å²) in [6.07, 6.45) is 6.17. The SMILES string of the molecule is C#CCCC(=O)CSCC(C)C. The predicted octanol–water partition coefficient (Wildman–Crippen LogP) is 2.36. The van der Waals surface area contributed by atoms with E-state index < -0.39 is 0 Å². The molecule has 1 nitrogen and oxygen atoms in total. The van der Waals surface area contributed by atoms with E-state index in [1.807, 2.05) is 0 Å². The van der Waals surface area contributed by atoms with Crippen molar-refractivity contribution in [2.75, 3.05) is 11.5 Å². The second kappa shape index (κ2) is 7.24. The largest absolute Gasteiger partial charge is 0.299 e. The Morgan fingerprint density at radius 1 is 1.58 bits per heavy atom. The van der Waals surface area contributed by atoms with Crippen LogP contribution in [0, 0.1) is 18.3 Å². The molecule has 0 amide bonds. The molecule has 2 heteroatoms. The molecule has 0 rings (SSSR count). The van der Waals surface area contributed by atoms with E-state index in [0.717, 1.165) is 5.75 Å². The van der Waals surface area contributed by atoms with E-state index in [-0.39, 0.29) is 5.78 Å². The summed E-state index contributed by atoms with van der Waals surface area (Å²) >= 11 is 1.70. The van der Waals surface area contributed by atoms with Crippen molar-refractivity contribution in [3.63, 3.8) is 0 Å². The van der Waals surface area contributed by atoms with Crippen molar-refractivity contribution in [1.82, 2.24) is 0 Å². The van der Waals surface area contributed by atoms with Crippen LogP contribution in [-0.4, -0.2) is 17.3 Å². The molecule has 0 N–H and O–H groups in total. The van der Waals surface area contributed by atoms with Crippen molar-refractivity contribution in [2.45, 2.75) is 26.7 Å². The second-order valence-electron chi connectivity index (χ2n) is 3.15. The Kier molecular flexibility index (Phi) is 6.99. The topological polar surface area (TPSA) is 17.1 Å². The van der Waals surface area contributed by atoms with Gasteiger partial charge >= 0.3 is 0 Å². The Morgan fingerprint density at radius 2 is 2.25 bits per heavy atom. The van der Waals surface area contributed by atoms with Crippen LogP contribution in [-0.2, 0) is 4.79 Å². The fourth-order valence-electron chi connectivity index (χ4n) is 0.692. The molecule has 12 heavy (non-hydrogen) atoms. The highest BCUT2D eigenvalue weighted by molar-refractivity contribution is 7.99. The van der Waals surface area contributed by atoms with Gasteiger partial charge in [0.15, 0.2) is 0 Å². The summed E-state index contributed by atoms with van der Waals surface area (Å²) in [5, 5.41) is 0. The smallest absolute Gasteiger partial charge is 0.143 e. The minimum atomic E-state index is 0.276. The molecular weight excluding hydrogens is 168 g/mol. The summed E-state index contributed by atoms with van der Waals surface area (Å²) in [4.78, 5) is 11.1. The van der Waals surface area contributed by atoms with Gasteiger partial charge in [-0.3, -0.25) is 4.79 Å². The standard InChI is InChI=1S/C10H16OS/c1-4-5-6-10(11)8-12-7-9(2)3/h1,9H,5-8H2,2-3H3. The van der Waals surface area contributed by atoms with Gasteiger partial charge in [-0.25, -0.2) is 0 Å². The molecule has 0 atom stereocenters.